The zero-order valence-electron chi connectivity index (χ0n) is 17.5. The maximum Gasteiger partial charge on any atom is 0.416 e. The predicted octanol–water partition coefficient (Wildman–Crippen LogP) is 5.34. The van der Waals surface area contributed by atoms with E-state index in [9.17, 15) is 23.1 Å². The van der Waals surface area contributed by atoms with Gasteiger partial charge in [0.15, 0.2) is 5.69 Å². The molecule has 0 spiro atoms. The van der Waals surface area contributed by atoms with Gasteiger partial charge in [-0.25, -0.2) is 4.68 Å². The lowest BCUT2D eigenvalue weighted by molar-refractivity contribution is -0.137. The van der Waals surface area contributed by atoms with Gasteiger partial charge in [-0.05, 0) is 62.1 Å². The molecule has 3 heterocycles. The Hall–Kier alpha value is -2.84. The predicted molar refractivity (Wildman–Crippen MR) is 117 cm³/mol. The third-order valence-electron chi connectivity index (χ3n) is 6.41. The number of benzene rings is 2. The Labute approximate surface area is 193 Å². The summed E-state index contributed by atoms with van der Waals surface area (Å²) in [5.41, 5.74) is 0.543. The molecule has 2 fully saturated rings. The molecule has 2 bridgehead atoms. The molecule has 172 valence electrons. The van der Waals surface area contributed by atoms with Crippen molar-refractivity contribution in [1.82, 2.24) is 14.7 Å². The van der Waals surface area contributed by atoms with Crippen molar-refractivity contribution in [2.24, 2.45) is 0 Å². The Morgan fingerprint density at radius 1 is 1.03 bits per heavy atom. The molecule has 2 saturated heterocycles. The number of piperidine rings is 1. The minimum atomic E-state index is -4.50. The van der Waals surface area contributed by atoms with Crippen molar-refractivity contribution in [2.45, 2.75) is 50.0 Å². The summed E-state index contributed by atoms with van der Waals surface area (Å²) in [6.07, 6.45) is -2.22. The van der Waals surface area contributed by atoms with Crippen LogP contribution in [0.4, 0.5) is 13.2 Å². The molecule has 9 heteroatoms. The van der Waals surface area contributed by atoms with Crippen LogP contribution in [0.15, 0.2) is 54.6 Å². The highest BCUT2D eigenvalue weighted by atomic mass is 35.5. The maximum absolute atomic E-state index is 13.5. The molecule has 3 aromatic rings. The van der Waals surface area contributed by atoms with Crippen LogP contribution in [0.25, 0.3) is 16.9 Å². The van der Waals surface area contributed by atoms with E-state index in [0.29, 0.717) is 29.2 Å². The van der Waals surface area contributed by atoms with Crippen LogP contribution in [-0.4, -0.2) is 43.9 Å². The summed E-state index contributed by atoms with van der Waals surface area (Å²) in [5.74, 6) is -0.275. The van der Waals surface area contributed by atoms with E-state index in [1.807, 2.05) is 0 Å². The number of hydrogen-bond acceptors (Lipinski definition) is 3. The van der Waals surface area contributed by atoms with Crippen LogP contribution in [0.1, 0.15) is 41.7 Å². The average Bonchev–Trinajstić information content (AvgIpc) is 3.33. The number of hydrogen-bond donors (Lipinski definition) is 1. The fraction of sp³-hybridized carbons (Fsp3) is 0.333. The van der Waals surface area contributed by atoms with Crippen molar-refractivity contribution in [3.8, 4) is 16.9 Å². The van der Waals surface area contributed by atoms with E-state index in [0.717, 1.165) is 25.0 Å². The van der Waals surface area contributed by atoms with Crippen LogP contribution < -0.4 is 0 Å². The standard InChI is InChI=1S/C24H21ClF3N3O2/c25-16-5-2-6-19(10-16)31-22(14-3-1-4-15(9-14)24(26,27)28)13-21(29-31)23(33)30-17-7-8-18(30)12-20(32)11-17/h1-6,9-10,13,17-18,20,32H,7-8,11-12H2/t17-,18+,20+. The Kier molecular flexibility index (Phi) is 5.45. The minimum absolute atomic E-state index is 0.0559. The second-order valence-electron chi connectivity index (χ2n) is 8.61. The third kappa shape index (κ3) is 4.13. The molecule has 5 nitrogen and oxygen atoms in total. The van der Waals surface area contributed by atoms with Gasteiger partial charge in [0, 0.05) is 22.7 Å². The molecule has 5 rings (SSSR count). The molecule has 0 saturated carbocycles. The summed E-state index contributed by atoms with van der Waals surface area (Å²) in [6, 6.07) is 13.1. The smallest absolute Gasteiger partial charge is 0.393 e. The van der Waals surface area contributed by atoms with Crippen molar-refractivity contribution >= 4 is 17.5 Å². The molecule has 0 unspecified atom stereocenters. The molecule has 2 aliphatic rings. The summed E-state index contributed by atoms with van der Waals surface area (Å²) in [5, 5.41) is 15.0. The number of carbonyl (C=O) groups is 1. The van der Waals surface area contributed by atoms with Crippen molar-refractivity contribution in [3.63, 3.8) is 0 Å². The molecule has 1 aromatic heterocycles. The highest BCUT2D eigenvalue weighted by Crippen LogP contribution is 2.38. The SMILES string of the molecule is O=C(c1cc(-c2cccc(C(F)(F)F)c2)n(-c2cccc(Cl)c2)n1)N1[C@@H]2CC[C@H]1C[C@@H](O)C2. The fourth-order valence-electron chi connectivity index (χ4n) is 4.96. The number of fused-ring (bicyclic) bond motifs is 2. The van der Waals surface area contributed by atoms with Gasteiger partial charge in [-0.3, -0.25) is 4.79 Å². The first-order chi connectivity index (χ1) is 15.7. The molecule has 1 amide bonds. The lowest BCUT2D eigenvalue weighted by Gasteiger charge is -2.36. The van der Waals surface area contributed by atoms with Crippen LogP contribution in [0, 0.1) is 0 Å². The number of aliphatic hydroxyl groups is 1. The monoisotopic (exact) mass is 475 g/mol. The summed E-state index contributed by atoms with van der Waals surface area (Å²) < 4.78 is 41.5. The van der Waals surface area contributed by atoms with E-state index in [1.54, 1.807) is 35.2 Å². The average molecular weight is 476 g/mol. The zero-order valence-corrected chi connectivity index (χ0v) is 18.2. The highest BCUT2D eigenvalue weighted by Gasteiger charge is 2.43. The molecule has 33 heavy (non-hydrogen) atoms. The molecule has 0 aliphatic carbocycles. The Bertz CT molecular complexity index is 1200. The van der Waals surface area contributed by atoms with Gasteiger partial charge in [0.05, 0.1) is 23.0 Å². The normalized spacial score (nSPS) is 22.6. The summed E-state index contributed by atoms with van der Waals surface area (Å²) in [7, 11) is 0. The van der Waals surface area contributed by atoms with E-state index >= 15 is 0 Å². The topological polar surface area (TPSA) is 58.4 Å². The summed E-state index contributed by atoms with van der Waals surface area (Å²) >= 11 is 6.14. The van der Waals surface area contributed by atoms with Crippen LogP contribution in [0.3, 0.4) is 0 Å². The lowest BCUT2D eigenvalue weighted by atomic mass is 9.99. The highest BCUT2D eigenvalue weighted by molar-refractivity contribution is 6.30. The van der Waals surface area contributed by atoms with E-state index in [2.05, 4.69) is 5.10 Å². The number of amides is 1. The quantitative estimate of drug-likeness (QED) is 0.556. The van der Waals surface area contributed by atoms with E-state index in [4.69, 9.17) is 11.6 Å². The van der Waals surface area contributed by atoms with E-state index in [1.165, 1.54) is 16.8 Å². The third-order valence-corrected chi connectivity index (χ3v) is 6.64. The number of rotatable bonds is 3. The first kappa shape index (κ1) is 22.0. The van der Waals surface area contributed by atoms with Gasteiger partial charge in [0.25, 0.3) is 5.91 Å². The molecule has 0 radical (unpaired) electrons. The zero-order chi connectivity index (χ0) is 23.3. The molecular formula is C24H21ClF3N3O2. The van der Waals surface area contributed by atoms with Gasteiger partial charge < -0.3 is 10.0 Å². The number of halogens is 4. The van der Waals surface area contributed by atoms with Crippen LogP contribution in [-0.2, 0) is 6.18 Å². The molecular weight excluding hydrogens is 455 g/mol. The minimum Gasteiger partial charge on any atom is -0.393 e. The van der Waals surface area contributed by atoms with Crippen LogP contribution >= 0.6 is 11.6 Å². The first-order valence-corrected chi connectivity index (χ1v) is 11.1. The second kappa shape index (κ2) is 8.18. The number of aromatic nitrogens is 2. The molecule has 2 aliphatic heterocycles. The summed E-state index contributed by atoms with van der Waals surface area (Å²) in [4.78, 5) is 15.2. The second-order valence-corrected chi connectivity index (χ2v) is 9.04. The Morgan fingerprint density at radius 3 is 2.39 bits per heavy atom. The van der Waals surface area contributed by atoms with Gasteiger partial charge in [-0.15, -0.1) is 0 Å². The van der Waals surface area contributed by atoms with Crippen molar-refractivity contribution in [1.29, 1.82) is 0 Å². The number of carbonyl (C=O) groups excluding carboxylic acids is 1. The summed E-state index contributed by atoms with van der Waals surface area (Å²) in [6.45, 7) is 0. The van der Waals surface area contributed by atoms with Gasteiger partial charge in [0.1, 0.15) is 0 Å². The maximum atomic E-state index is 13.5. The number of aliphatic hydroxyl groups excluding tert-OH is 1. The molecule has 1 N–H and O–H groups in total. The van der Waals surface area contributed by atoms with E-state index < -0.39 is 17.8 Å². The Morgan fingerprint density at radius 2 is 1.73 bits per heavy atom. The van der Waals surface area contributed by atoms with Gasteiger partial charge >= 0.3 is 6.18 Å². The van der Waals surface area contributed by atoms with Crippen molar-refractivity contribution < 1.29 is 23.1 Å². The van der Waals surface area contributed by atoms with Crippen LogP contribution in [0.5, 0.6) is 0 Å². The van der Waals surface area contributed by atoms with Crippen LogP contribution in [0.2, 0.25) is 5.02 Å². The number of nitrogens with zero attached hydrogens (tertiary/aromatic N) is 3. The van der Waals surface area contributed by atoms with Gasteiger partial charge in [-0.2, -0.15) is 18.3 Å². The molecule has 3 atom stereocenters. The number of alkyl halides is 3. The first-order valence-electron chi connectivity index (χ1n) is 10.7. The Balaban J connectivity index is 1.60. The van der Waals surface area contributed by atoms with E-state index in [-0.39, 0.29) is 29.2 Å². The lowest BCUT2D eigenvalue weighted by Crippen LogP contribution is -2.48. The largest absolute Gasteiger partial charge is 0.416 e. The van der Waals surface area contributed by atoms with Gasteiger partial charge in [0.2, 0.25) is 0 Å². The molecule has 2 aromatic carbocycles. The fourth-order valence-corrected chi connectivity index (χ4v) is 5.15. The van der Waals surface area contributed by atoms with Crippen molar-refractivity contribution in [3.05, 3.63) is 70.9 Å². The van der Waals surface area contributed by atoms with Gasteiger partial charge in [-0.1, -0.05) is 29.8 Å². The van der Waals surface area contributed by atoms with Crippen molar-refractivity contribution in [2.75, 3.05) is 0 Å².